The van der Waals surface area contributed by atoms with Crippen LogP contribution in [-0.2, 0) is 7.05 Å². The van der Waals surface area contributed by atoms with Crippen LogP contribution in [0.25, 0.3) is 0 Å². The average Bonchev–Trinajstić information content (AvgIpc) is 3.08. The third kappa shape index (κ3) is 4.53. The van der Waals surface area contributed by atoms with E-state index in [0.29, 0.717) is 32.9 Å². The van der Waals surface area contributed by atoms with E-state index in [1.54, 1.807) is 41.2 Å². The second-order valence-corrected chi connectivity index (χ2v) is 6.97. The zero-order chi connectivity index (χ0) is 19.4. The Kier molecular flexibility index (Phi) is 5.88. The van der Waals surface area contributed by atoms with Crippen LogP contribution in [-0.4, -0.2) is 34.9 Å². The minimum absolute atomic E-state index is 0.311. The van der Waals surface area contributed by atoms with Crippen LogP contribution in [0, 0.1) is 0 Å². The number of anilines is 1. The average molecular weight is 405 g/mol. The van der Waals surface area contributed by atoms with Gasteiger partial charge in [-0.05, 0) is 42.1 Å². The molecule has 1 N–H and O–H groups in total. The lowest BCUT2D eigenvalue weighted by atomic mass is 10.2. The topological polar surface area (TPSA) is 78.3 Å². The predicted octanol–water partition coefficient (Wildman–Crippen LogP) is 3.89. The van der Waals surface area contributed by atoms with Gasteiger partial charge in [-0.15, -0.1) is 10.2 Å². The molecule has 3 aromatic rings. The third-order valence-corrected chi connectivity index (χ3v) is 5.04. The minimum Gasteiger partial charge on any atom is -0.497 e. The highest BCUT2D eigenvalue weighted by atomic mass is 35.5. The molecule has 1 aromatic heterocycles. The largest absolute Gasteiger partial charge is 0.497 e. The van der Waals surface area contributed by atoms with Crippen molar-refractivity contribution in [3.8, 4) is 11.5 Å². The molecule has 2 aromatic carbocycles. The van der Waals surface area contributed by atoms with Gasteiger partial charge in [0.2, 0.25) is 0 Å². The van der Waals surface area contributed by atoms with Gasteiger partial charge in [0.05, 0.1) is 19.9 Å². The van der Waals surface area contributed by atoms with Gasteiger partial charge in [-0.3, -0.25) is 4.79 Å². The molecule has 9 heteroatoms. The first kappa shape index (κ1) is 19.1. The van der Waals surface area contributed by atoms with E-state index in [1.807, 2.05) is 13.1 Å². The summed E-state index contributed by atoms with van der Waals surface area (Å²) < 4.78 is 12.2. The molecule has 0 aliphatic rings. The SMILES string of the molecule is COc1cc(OC)cc(C(=O)Nc2cc(Cl)ccc2Sc2nncn2C)c1. The Balaban J connectivity index is 1.90. The van der Waals surface area contributed by atoms with Crippen molar-refractivity contribution in [1.82, 2.24) is 14.8 Å². The highest BCUT2D eigenvalue weighted by molar-refractivity contribution is 7.99. The number of ether oxygens (including phenoxy) is 2. The van der Waals surface area contributed by atoms with Crippen molar-refractivity contribution in [2.24, 2.45) is 7.05 Å². The van der Waals surface area contributed by atoms with Gasteiger partial charge >= 0.3 is 0 Å². The Morgan fingerprint density at radius 2 is 1.85 bits per heavy atom. The Hall–Kier alpha value is -2.71. The van der Waals surface area contributed by atoms with Crippen molar-refractivity contribution in [1.29, 1.82) is 0 Å². The van der Waals surface area contributed by atoms with Crippen LogP contribution < -0.4 is 14.8 Å². The van der Waals surface area contributed by atoms with Crippen LogP contribution >= 0.6 is 23.4 Å². The molecule has 3 rings (SSSR count). The second-order valence-electron chi connectivity index (χ2n) is 5.52. The zero-order valence-corrected chi connectivity index (χ0v) is 16.5. The number of amides is 1. The molecule has 0 saturated heterocycles. The van der Waals surface area contributed by atoms with Gasteiger partial charge in [-0.1, -0.05) is 11.6 Å². The highest BCUT2D eigenvalue weighted by Crippen LogP contribution is 2.34. The first-order valence-corrected chi connectivity index (χ1v) is 9.05. The number of carbonyl (C=O) groups excluding carboxylic acids is 1. The second kappa shape index (κ2) is 8.32. The number of methoxy groups -OCH3 is 2. The quantitative estimate of drug-likeness (QED) is 0.671. The fourth-order valence-electron chi connectivity index (χ4n) is 2.29. The molecule has 0 fully saturated rings. The molecule has 0 radical (unpaired) electrons. The third-order valence-electron chi connectivity index (χ3n) is 3.67. The van der Waals surface area contributed by atoms with Crippen LogP contribution in [0.2, 0.25) is 5.02 Å². The van der Waals surface area contributed by atoms with Gasteiger partial charge in [0.15, 0.2) is 5.16 Å². The lowest BCUT2D eigenvalue weighted by Crippen LogP contribution is -2.13. The van der Waals surface area contributed by atoms with Gasteiger partial charge in [-0.2, -0.15) is 0 Å². The standard InChI is InChI=1S/C18H17ClN4O3S/c1-23-10-20-22-18(23)27-16-5-4-12(19)8-15(16)21-17(24)11-6-13(25-2)9-14(7-11)26-3/h4-10H,1-3H3,(H,21,24). The molecule has 1 heterocycles. The zero-order valence-electron chi connectivity index (χ0n) is 14.9. The first-order valence-electron chi connectivity index (χ1n) is 7.86. The van der Waals surface area contributed by atoms with Crippen molar-refractivity contribution in [2.75, 3.05) is 19.5 Å². The van der Waals surface area contributed by atoms with Gasteiger partial charge < -0.3 is 19.4 Å². The molecular formula is C18H17ClN4O3S. The van der Waals surface area contributed by atoms with E-state index in [0.717, 1.165) is 4.90 Å². The molecule has 7 nitrogen and oxygen atoms in total. The molecule has 0 aliphatic carbocycles. The number of hydrogen-bond acceptors (Lipinski definition) is 6. The Morgan fingerprint density at radius 1 is 1.15 bits per heavy atom. The van der Waals surface area contributed by atoms with Gasteiger partial charge in [0.25, 0.3) is 5.91 Å². The summed E-state index contributed by atoms with van der Waals surface area (Å²) in [5.74, 6) is 0.743. The van der Waals surface area contributed by atoms with E-state index in [9.17, 15) is 4.79 Å². The summed E-state index contributed by atoms with van der Waals surface area (Å²) >= 11 is 7.50. The smallest absolute Gasteiger partial charge is 0.255 e. The number of halogens is 1. The van der Waals surface area contributed by atoms with E-state index in [2.05, 4.69) is 15.5 Å². The predicted molar refractivity (Wildman–Crippen MR) is 104 cm³/mol. The number of aromatic nitrogens is 3. The van der Waals surface area contributed by atoms with Gasteiger partial charge in [0.1, 0.15) is 17.8 Å². The molecule has 0 aliphatic heterocycles. The summed E-state index contributed by atoms with van der Waals surface area (Å²) in [7, 11) is 4.91. The number of rotatable bonds is 6. The maximum atomic E-state index is 12.8. The summed E-state index contributed by atoms with van der Waals surface area (Å²) in [6.07, 6.45) is 1.61. The summed E-state index contributed by atoms with van der Waals surface area (Å²) in [6, 6.07) is 10.2. The summed E-state index contributed by atoms with van der Waals surface area (Å²) in [6.45, 7) is 0. The number of nitrogens with one attached hydrogen (secondary N) is 1. The first-order chi connectivity index (χ1) is 13.0. The van der Waals surface area contributed by atoms with Crippen molar-refractivity contribution >= 4 is 35.0 Å². The number of benzene rings is 2. The molecule has 27 heavy (non-hydrogen) atoms. The van der Waals surface area contributed by atoms with Crippen LogP contribution in [0.1, 0.15) is 10.4 Å². The van der Waals surface area contributed by atoms with Crippen LogP contribution in [0.4, 0.5) is 5.69 Å². The van der Waals surface area contributed by atoms with E-state index < -0.39 is 0 Å². The van der Waals surface area contributed by atoms with Crippen molar-refractivity contribution in [3.63, 3.8) is 0 Å². The Morgan fingerprint density at radius 3 is 2.44 bits per heavy atom. The molecule has 0 atom stereocenters. The molecular weight excluding hydrogens is 388 g/mol. The Bertz CT molecular complexity index is 955. The number of carbonyl (C=O) groups is 1. The lowest BCUT2D eigenvalue weighted by Gasteiger charge is -2.12. The molecule has 140 valence electrons. The van der Waals surface area contributed by atoms with Gasteiger partial charge in [-0.25, -0.2) is 0 Å². The maximum Gasteiger partial charge on any atom is 0.255 e. The van der Waals surface area contributed by atoms with Gasteiger partial charge in [0, 0.05) is 28.6 Å². The number of nitrogens with zero attached hydrogens (tertiary/aromatic N) is 3. The van der Waals surface area contributed by atoms with Crippen LogP contribution in [0.3, 0.4) is 0 Å². The van der Waals surface area contributed by atoms with Crippen LogP contribution in [0.5, 0.6) is 11.5 Å². The summed E-state index contributed by atoms with van der Waals surface area (Å²) in [5.41, 5.74) is 0.975. The van der Waals surface area contributed by atoms with Crippen molar-refractivity contribution < 1.29 is 14.3 Å². The summed E-state index contributed by atoms with van der Waals surface area (Å²) in [5, 5.41) is 12.0. The lowest BCUT2D eigenvalue weighted by molar-refractivity contribution is 0.102. The minimum atomic E-state index is -0.311. The number of aryl methyl sites for hydroxylation is 1. The van der Waals surface area contributed by atoms with Crippen molar-refractivity contribution in [2.45, 2.75) is 10.1 Å². The highest BCUT2D eigenvalue weighted by Gasteiger charge is 2.15. The normalized spacial score (nSPS) is 10.5. The molecule has 0 unspecified atom stereocenters. The Labute approximate surface area is 165 Å². The maximum absolute atomic E-state index is 12.8. The van der Waals surface area contributed by atoms with E-state index >= 15 is 0 Å². The fraction of sp³-hybridized carbons (Fsp3) is 0.167. The van der Waals surface area contributed by atoms with E-state index in [4.69, 9.17) is 21.1 Å². The molecule has 0 spiro atoms. The van der Waals surface area contributed by atoms with E-state index in [-0.39, 0.29) is 5.91 Å². The fourth-order valence-corrected chi connectivity index (χ4v) is 3.29. The summed E-state index contributed by atoms with van der Waals surface area (Å²) in [4.78, 5) is 13.6. The number of hydrogen-bond donors (Lipinski definition) is 1. The molecule has 0 bridgehead atoms. The molecule has 0 saturated carbocycles. The van der Waals surface area contributed by atoms with Crippen molar-refractivity contribution in [3.05, 3.63) is 53.3 Å². The molecule has 1 amide bonds. The monoisotopic (exact) mass is 404 g/mol. The van der Waals surface area contributed by atoms with Crippen LogP contribution in [0.15, 0.2) is 52.8 Å². The van der Waals surface area contributed by atoms with E-state index in [1.165, 1.54) is 26.0 Å².